The van der Waals surface area contributed by atoms with Crippen LogP contribution in [0.4, 0.5) is 9.39 Å². The summed E-state index contributed by atoms with van der Waals surface area (Å²) in [6.07, 6.45) is 2.17. The number of anilines is 1. The normalized spacial score (nSPS) is 15.4. The minimum Gasteiger partial charge on any atom is -0.363 e. The Labute approximate surface area is 182 Å². The van der Waals surface area contributed by atoms with Crippen LogP contribution in [-0.2, 0) is 6.54 Å². The first-order chi connectivity index (χ1) is 12.7. The van der Waals surface area contributed by atoms with Gasteiger partial charge in [-0.25, -0.2) is 9.38 Å². The van der Waals surface area contributed by atoms with Gasteiger partial charge >= 0.3 is 0 Å². The van der Waals surface area contributed by atoms with Crippen molar-refractivity contribution in [1.82, 2.24) is 10.6 Å². The lowest BCUT2D eigenvalue weighted by atomic mass is 10.1. The van der Waals surface area contributed by atoms with Crippen molar-refractivity contribution in [2.24, 2.45) is 4.99 Å². The van der Waals surface area contributed by atoms with E-state index in [1.165, 1.54) is 5.00 Å². The Morgan fingerprint density at radius 2 is 2.07 bits per heavy atom. The van der Waals surface area contributed by atoms with E-state index in [4.69, 9.17) is 0 Å². The molecule has 1 fully saturated rings. The van der Waals surface area contributed by atoms with Crippen LogP contribution in [0, 0.1) is 12.7 Å². The molecule has 0 aliphatic carbocycles. The Bertz CT molecular complexity index is 728. The van der Waals surface area contributed by atoms with E-state index in [2.05, 4.69) is 45.0 Å². The Kier molecular flexibility index (Phi) is 8.82. The van der Waals surface area contributed by atoms with Crippen LogP contribution >= 0.6 is 35.3 Å². The molecule has 0 amide bonds. The summed E-state index contributed by atoms with van der Waals surface area (Å²) in [5.74, 6) is 0.639. The summed E-state index contributed by atoms with van der Waals surface area (Å²) in [5.41, 5.74) is 1.55. The standard InChI is InChI=1S/C20H27FN4S.HI/c1-3-22-20(23-14-16-7-6-15(2)18(21)13-16)24-17-8-10-25(11-9-17)19-5-4-12-26-19;/h4-7,12-13,17H,3,8-11,14H2,1-2H3,(H2,22,23,24);1H. The Balaban J connectivity index is 0.00000261. The monoisotopic (exact) mass is 502 g/mol. The number of halogens is 2. The highest BCUT2D eigenvalue weighted by Gasteiger charge is 2.20. The summed E-state index contributed by atoms with van der Waals surface area (Å²) < 4.78 is 13.7. The van der Waals surface area contributed by atoms with Crippen molar-refractivity contribution in [3.05, 3.63) is 52.7 Å². The fraction of sp³-hybridized carbons (Fsp3) is 0.450. The first-order valence-corrected chi connectivity index (χ1v) is 10.1. The van der Waals surface area contributed by atoms with Crippen LogP contribution < -0.4 is 15.5 Å². The molecule has 1 aliphatic rings. The van der Waals surface area contributed by atoms with Gasteiger partial charge in [-0.1, -0.05) is 12.1 Å². The number of benzene rings is 1. The van der Waals surface area contributed by atoms with Gasteiger partial charge in [0, 0.05) is 25.7 Å². The molecule has 1 saturated heterocycles. The molecule has 0 atom stereocenters. The van der Waals surface area contributed by atoms with Crippen LogP contribution in [0.5, 0.6) is 0 Å². The number of thiophene rings is 1. The van der Waals surface area contributed by atoms with Crippen molar-refractivity contribution >= 4 is 46.3 Å². The molecule has 4 nitrogen and oxygen atoms in total. The predicted molar refractivity (Wildman–Crippen MR) is 124 cm³/mol. The molecule has 1 aromatic heterocycles. The highest BCUT2D eigenvalue weighted by atomic mass is 127. The second-order valence-electron chi connectivity index (χ2n) is 6.64. The number of aliphatic imine (C=N–C) groups is 1. The highest BCUT2D eigenvalue weighted by molar-refractivity contribution is 14.0. The third-order valence-corrected chi connectivity index (χ3v) is 5.58. The lowest BCUT2D eigenvalue weighted by molar-refractivity contribution is 0.463. The third kappa shape index (κ3) is 6.34. The number of nitrogens with one attached hydrogen (secondary N) is 2. The number of aryl methyl sites for hydroxylation is 1. The van der Waals surface area contributed by atoms with Gasteiger partial charge in [0.05, 0.1) is 11.5 Å². The number of hydrogen-bond donors (Lipinski definition) is 2. The molecule has 1 aliphatic heterocycles. The minimum absolute atomic E-state index is 0. The molecule has 148 valence electrons. The summed E-state index contributed by atoms with van der Waals surface area (Å²) in [7, 11) is 0. The molecule has 0 bridgehead atoms. The van der Waals surface area contributed by atoms with Crippen LogP contribution in [0.3, 0.4) is 0 Å². The first kappa shape index (κ1) is 21.9. The van der Waals surface area contributed by atoms with Crippen LogP contribution in [0.25, 0.3) is 0 Å². The van der Waals surface area contributed by atoms with Gasteiger partial charge in [0.15, 0.2) is 5.96 Å². The molecule has 7 heteroatoms. The van der Waals surface area contributed by atoms with Gasteiger partial charge in [-0.3, -0.25) is 0 Å². The number of piperidine rings is 1. The van der Waals surface area contributed by atoms with E-state index in [9.17, 15) is 4.39 Å². The van der Waals surface area contributed by atoms with Crippen LogP contribution in [0.15, 0.2) is 40.7 Å². The second-order valence-corrected chi connectivity index (χ2v) is 7.56. The van der Waals surface area contributed by atoms with Gasteiger partial charge in [0.1, 0.15) is 5.82 Å². The fourth-order valence-electron chi connectivity index (χ4n) is 3.11. The molecular formula is C20H28FIN4S. The number of guanidine groups is 1. The van der Waals surface area contributed by atoms with Crippen LogP contribution in [0.2, 0.25) is 0 Å². The molecule has 2 heterocycles. The van der Waals surface area contributed by atoms with Gasteiger partial charge in [0.25, 0.3) is 0 Å². The molecule has 2 aromatic rings. The zero-order valence-corrected chi connectivity index (χ0v) is 19.0. The Hall–Kier alpha value is -1.35. The molecule has 0 saturated carbocycles. The zero-order chi connectivity index (χ0) is 18.4. The number of nitrogens with zero attached hydrogens (tertiary/aromatic N) is 2. The van der Waals surface area contributed by atoms with E-state index in [1.807, 2.05) is 6.07 Å². The topological polar surface area (TPSA) is 39.7 Å². The Morgan fingerprint density at radius 1 is 1.30 bits per heavy atom. The maximum Gasteiger partial charge on any atom is 0.191 e. The average molecular weight is 502 g/mol. The SMILES string of the molecule is CCNC(=NCc1ccc(C)c(F)c1)NC1CCN(c2cccs2)CC1.I. The molecular weight excluding hydrogens is 474 g/mol. The van der Waals surface area contributed by atoms with Crippen molar-refractivity contribution in [2.75, 3.05) is 24.5 Å². The quantitative estimate of drug-likeness (QED) is 0.359. The molecule has 0 radical (unpaired) electrons. The van der Waals surface area contributed by atoms with Crippen molar-refractivity contribution in [3.63, 3.8) is 0 Å². The van der Waals surface area contributed by atoms with E-state index in [0.29, 0.717) is 18.2 Å². The lowest BCUT2D eigenvalue weighted by Gasteiger charge is -2.33. The highest BCUT2D eigenvalue weighted by Crippen LogP contribution is 2.24. The van der Waals surface area contributed by atoms with E-state index in [0.717, 1.165) is 44.0 Å². The summed E-state index contributed by atoms with van der Waals surface area (Å²) in [6.45, 7) is 7.23. The fourth-order valence-corrected chi connectivity index (χ4v) is 3.90. The smallest absolute Gasteiger partial charge is 0.191 e. The second kappa shape index (κ2) is 10.8. The number of rotatable bonds is 5. The average Bonchev–Trinajstić information content (AvgIpc) is 3.18. The summed E-state index contributed by atoms with van der Waals surface area (Å²) in [6, 6.07) is 10.0. The zero-order valence-electron chi connectivity index (χ0n) is 15.9. The lowest BCUT2D eigenvalue weighted by Crippen LogP contribution is -2.48. The molecule has 0 spiro atoms. The molecule has 2 N–H and O–H groups in total. The van der Waals surface area contributed by atoms with Crippen molar-refractivity contribution in [1.29, 1.82) is 0 Å². The molecule has 27 heavy (non-hydrogen) atoms. The van der Waals surface area contributed by atoms with Crippen LogP contribution in [-0.4, -0.2) is 31.6 Å². The third-order valence-electron chi connectivity index (χ3n) is 4.65. The maximum atomic E-state index is 13.7. The molecule has 3 rings (SSSR count). The van der Waals surface area contributed by atoms with E-state index < -0.39 is 0 Å². The Morgan fingerprint density at radius 3 is 2.70 bits per heavy atom. The minimum atomic E-state index is -0.170. The van der Waals surface area contributed by atoms with Gasteiger partial charge in [-0.2, -0.15) is 0 Å². The predicted octanol–water partition coefficient (Wildman–Crippen LogP) is 4.54. The first-order valence-electron chi connectivity index (χ1n) is 9.24. The van der Waals surface area contributed by atoms with Gasteiger partial charge in [-0.05, 0) is 61.4 Å². The van der Waals surface area contributed by atoms with Gasteiger partial charge in [-0.15, -0.1) is 35.3 Å². The summed E-state index contributed by atoms with van der Waals surface area (Å²) >= 11 is 1.80. The largest absolute Gasteiger partial charge is 0.363 e. The van der Waals surface area contributed by atoms with Gasteiger partial charge in [0.2, 0.25) is 0 Å². The van der Waals surface area contributed by atoms with E-state index in [1.54, 1.807) is 30.4 Å². The molecule has 1 aromatic carbocycles. The van der Waals surface area contributed by atoms with E-state index >= 15 is 0 Å². The maximum absolute atomic E-state index is 13.7. The summed E-state index contributed by atoms with van der Waals surface area (Å²) in [4.78, 5) is 7.08. The van der Waals surface area contributed by atoms with Gasteiger partial charge < -0.3 is 15.5 Å². The van der Waals surface area contributed by atoms with Crippen LogP contribution in [0.1, 0.15) is 30.9 Å². The van der Waals surface area contributed by atoms with Crippen molar-refractivity contribution in [3.8, 4) is 0 Å². The number of hydrogen-bond acceptors (Lipinski definition) is 3. The van der Waals surface area contributed by atoms with Crippen molar-refractivity contribution in [2.45, 2.75) is 39.3 Å². The summed E-state index contributed by atoms with van der Waals surface area (Å²) in [5, 5.41) is 10.3. The molecule has 0 unspecified atom stereocenters. The van der Waals surface area contributed by atoms with E-state index in [-0.39, 0.29) is 29.8 Å². The van der Waals surface area contributed by atoms with Crippen molar-refractivity contribution < 1.29 is 4.39 Å².